The lowest BCUT2D eigenvalue weighted by Gasteiger charge is -2.14. The van der Waals surface area contributed by atoms with Crippen LogP contribution in [0.4, 0.5) is 0 Å². The fourth-order valence-electron chi connectivity index (χ4n) is 1.89. The van der Waals surface area contributed by atoms with Gasteiger partial charge < -0.3 is 10.1 Å². The maximum atomic E-state index is 6.27. The van der Waals surface area contributed by atoms with Crippen molar-refractivity contribution in [2.75, 3.05) is 20.3 Å². The number of aryl methyl sites for hydroxylation is 1. The molecular formula is C13H18ClN5O. The van der Waals surface area contributed by atoms with Crippen molar-refractivity contribution in [3.8, 4) is 5.69 Å². The van der Waals surface area contributed by atoms with Gasteiger partial charge in [-0.15, -0.1) is 5.10 Å². The van der Waals surface area contributed by atoms with Crippen molar-refractivity contribution in [3.05, 3.63) is 34.6 Å². The molecule has 0 amide bonds. The molecule has 0 radical (unpaired) electrons. The second kappa shape index (κ2) is 6.78. The third kappa shape index (κ3) is 3.33. The molecule has 1 N–H and O–H groups in total. The van der Waals surface area contributed by atoms with Gasteiger partial charge in [-0.3, -0.25) is 0 Å². The van der Waals surface area contributed by atoms with Gasteiger partial charge in [0.1, 0.15) is 0 Å². The predicted molar refractivity (Wildman–Crippen MR) is 77.2 cm³/mol. The number of nitrogens with zero attached hydrogens (tertiary/aromatic N) is 4. The minimum atomic E-state index is -0.00230. The fourth-order valence-corrected chi connectivity index (χ4v) is 2.20. The van der Waals surface area contributed by atoms with Crippen LogP contribution in [0.1, 0.15) is 24.4 Å². The number of hydrogen-bond acceptors (Lipinski definition) is 5. The Hall–Kier alpha value is -1.50. The van der Waals surface area contributed by atoms with E-state index in [-0.39, 0.29) is 6.04 Å². The standard InChI is InChI=1S/C13H18ClN5O/c1-9-4-5-12(11(14)8-9)19-13(16-17-18-19)10(2)15-6-7-20-3/h4-5,8,10,15H,6-7H2,1-3H3. The van der Waals surface area contributed by atoms with Crippen molar-refractivity contribution in [1.29, 1.82) is 0 Å². The predicted octanol–water partition coefficient (Wildman–Crippen LogP) is 1.92. The van der Waals surface area contributed by atoms with Gasteiger partial charge in [0.15, 0.2) is 5.82 Å². The number of halogens is 1. The molecule has 0 bridgehead atoms. The van der Waals surface area contributed by atoms with E-state index in [0.717, 1.165) is 17.8 Å². The first kappa shape index (κ1) is 14.9. The van der Waals surface area contributed by atoms with Crippen molar-refractivity contribution >= 4 is 11.6 Å². The summed E-state index contributed by atoms with van der Waals surface area (Å²) < 4.78 is 6.67. The van der Waals surface area contributed by atoms with Crippen LogP contribution in [-0.4, -0.2) is 40.5 Å². The molecule has 0 aliphatic carbocycles. The molecule has 1 aromatic carbocycles. The van der Waals surface area contributed by atoms with Crippen LogP contribution in [0.5, 0.6) is 0 Å². The largest absolute Gasteiger partial charge is 0.383 e. The Kier molecular flexibility index (Phi) is 5.05. The number of nitrogens with one attached hydrogen (secondary N) is 1. The van der Waals surface area contributed by atoms with Crippen molar-refractivity contribution in [3.63, 3.8) is 0 Å². The summed E-state index contributed by atoms with van der Waals surface area (Å²) in [6.45, 7) is 5.36. The van der Waals surface area contributed by atoms with E-state index in [9.17, 15) is 0 Å². The summed E-state index contributed by atoms with van der Waals surface area (Å²) in [6.07, 6.45) is 0. The normalized spacial score (nSPS) is 12.6. The van der Waals surface area contributed by atoms with E-state index in [1.165, 1.54) is 0 Å². The zero-order chi connectivity index (χ0) is 14.5. The van der Waals surface area contributed by atoms with Gasteiger partial charge >= 0.3 is 0 Å². The zero-order valence-corrected chi connectivity index (χ0v) is 12.6. The van der Waals surface area contributed by atoms with Gasteiger partial charge in [-0.1, -0.05) is 17.7 Å². The lowest BCUT2D eigenvalue weighted by atomic mass is 10.2. The van der Waals surface area contributed by atoms with Crippen LogP contribution in [0, 0.1) is 6.92 Å². The Morgan fingerprint density at radius 1 is 1.45 bits per heavy atom. The fraction of sp³-hybridized carbons (Fsp3) is 0.462. The first-order chi connectivity index (χ1) is 9.63. The zero-order valence-electron chi connectivity index (χ0n) is 11.8. The molecule has 0 saturated carbocycles. The topological polar surface area (TPSA) is 64.9 Å². The first-order valence-electron chi connectivity index (χ1n) is 6.40. The highest BCUT2D eigenvalue weighted by molar-refractivity contribution is 6.32. The van der Waals surface area contributed by atoms with Crippen LogP contribution in [-0.2, 0) is 4.74 Å². The van der Waals surface area contributed by atoms with E-state index in [2.05, 4.69) is 20.8 Å². The SMILES string of the molecule is COCCNC(C)c1nnnn1-c1ccc(C)cc1Cl. The van der Waals surface area contributed by atoms with E-state index in [0.29, 0.717) is 17.5 Å². The van der Waals surface area contributed by atoms with Crippen molar-refractivity contribution in [1.82, 2.24) is 25.5 Å². The van der Waals surface area contributed by atoms with Gasteiger partial charge in [0, 0.05) is 13.7 Å². The van der Waals surface area contributed by atoms with Crippen LogP contribution in [0.25, 0.3) is 5.69 Å². The van der Waals surface area contributed by atoms with Crippen LogP contribution in [0.3, 0.4) is 0 Å². The summed E-state index contributed by atoms with van der Waals surface area (Å²) in [4.78, 5) is 0. The highest BCUT2D eigenvalue weighted by Crippen LogP contribution is 2.23. The van der Waals surface area contributed by atoms with E-state index < -0.39 is 0 Å². The smallest absolute Gasteiger partial charge is 0.173 e. The molecule has 1 unspecified atom stereocenters. The molecule has 6 nitrogen and oxygen atoms in total. The molecule has 0 aliphatic heterocycles. The number of aromatic nitrogens is 4. The number of hydrogen-bond donors (Lipinski definition) is 1. The van der Waals surface area contributed by atoms with Gasteiger partial charge in [0.25, 0.3) is 0 Å². The Morgan fingerprint density at radius 3 is 2.95 bits per heavy atom. The molecule has 20 heavy (non-hydrogen) atoms. The number of tetrazole rings is 1. The van der Waals surface area contributed by atoms with Crippen molar-refractivity contribution in [2.24, 2.45) is 0 Å². The molecule has 2 rings (SSSR count). The highest BCUT2D eigenvalue weighted by atomic mass is 35.5. The van der Waals surface area contributed by atoms with Gasteiger partial charge in [-0.05, 0) is 42.0 Å². The van der Waals surface area contributed by atoms with E-state index in [1.807, 2.05) is 32.0 Å². The van der Waals surface area contributed by atoms with Crippen molar-refractivity contribution in [2.45, 2.75) is 19.9 Å². The maximum Gasteiger partial charge on any atom is 0.173 e. The minimum absolute atomic E-state index is 0.00230. The summed E-state index contributed by atoms with van der Waals surface area (Å²) in [5.74, 6) is 0.715. The molecule has 108 valence electrons. The summed E-state index contributed by atoms with van der Waals surface area (Å²) in [6, 6.07) is 5.79. The average Bonchev–Trinajstić information content (AvgIpc) is 2.88. The van der Waals surface area contributed by atoms with Crippen LogP contribution < -0.4 is 5.32 Å². The van der Waals surface area contributed by atoms with Crippen LogP contribution in [0.2, 0.25) is 5.02 Å². The minimum Gasteiger partial charge on any atom is -0.383 e. The number of benzene rings is 1. The van der Waals surface area contributed by atoms with Gasteiger partial charge in [0.2, 0.25) is 0 Å². The lowest BCUT2D eigenvalue weighted by molar-refractivity contribution is 0.196. The van der Waals surface area contributed by atoms with Gasteiger partial charge in [-0.25, -0.2) is 0 Å². The quantitative estimate of drug-likeness (QED) is 0.825. The summed E-state index contributed by atoms with van der Waals surface area (Å²) in [7, 11) is 1.67. The molecule has 0 fully saturated rings. The molecular weight excluding hydrogens is 278 g/mol. The summed E-state index contributed by atoms with van der Waals surface area (Å²) in [5.41, 5.74) is 1.87. The molecule has 2 aromatic rings. The molecule has 0 aliphatic rings. The Balaban J connectivity index is 2.23. The molecule has 0 saturated heterocycles. The second-order valence-electron chi connectivity index (χ2n) is 4.57. The van der Waals surface area contributed by atoms with Crippen LogP contribution >= 0.6 is 11.6 Å². The molecule has 1 atom stereocenters. The second-order valence-corrected chi connectivity index (χ2v) is 4.98. The Morgan fingerprint density at radius 2 is 2.25 bits per heavy atom. The van der Waals surface area contributed by atoms with E-state index >= 15 is 0 Å². The summed E-state index contributed by atoms with van der Waals surface area (Å²) in [5, 5.41) is 15.8. The highest BCUT2D eigenvalue weighted by Gasteiger charge is 2.16. The third-order valence-corrected chi connectivity index (χ3v) is 3.27. The van der Waals surface area contributed by atoms with Gasteiger partial charge in [-0.2, -0.15) is 4.68 Å². The van der Waals surface area contributed by atoms with Gasteiger partial charge in [0.05, 0.1) is 23.4 Å². The van der Waals surface area contributed by atoms with E-state index in [1.54, 1.807) is 11.8 Å². The van der Waals surface area contributed by atoms with Crippen LogP contribution in [0.15, 0.2) is 18.2 Å². The van der Waals surface area contributed by atoms with Crippen molar-refractivity contribution < 1.29 is 4.74 Å². The monoisotopic (exact) mass is 295 g/mol. The number of methoxy groups -OCH3 is 1. The number of ether oxygens (including phenoxy) is 1. The third-order valence-electron chi connectivity index (χ3n) is 2.97. The molecule has 1 aromatic heterocycles. The average molecular weight is 296 g/mol. The number of rotatable bonds is 6. The molecule has 0 spiro atoms. The lowest BCUT2D eigenvalue weighted by Crippen LogP contribution is -2.25. The Labute approximate surface area is 123 Å². The molecule has 7 heteroatoms. The molecule has 1 heterocycles. The Bertz CT molecular complexity index is 572. The summed E-state index contributed by atoms with van der Waals surface area (Å²) >= 11 is 6.27. The maximum absolute atomic E-state index is 6.27. The first-order valence-corrected chi connectivity index (χ1v) is 6.78. The van der Waals surface area contributed by atoms with E-state index in [4.69, 9.17) is 16.3 Å².